The molecule has 1 rings (SSSR count). The molecule has 0 saturated heterocycles. The third kappa shape index (κ3) is 3.20. The van der Waals surface area contributed by atoms with Crippen molar-refractivity contribution in [2.45, 2.75) is 11.8 Å². The average molecular weight is 242 g/mol. The van der Waals surface area contributed by atoms with Crippen molar-refractivity contribution < 1.29 is 14.8 Å². The second kappa shape index (κ2) is 5.45. The summed E-state index contributed by atoms with van der Waals surface area (Å²) < 4.78 is 0. The van der Waals surface area contributed by atoms with Crippen molar-refractivity contribution in [1.82, 2.24) is 4.98 Å². The van der Waals surface area contributed by atoms with Gasteiger partial charge >= 0.3 is 11.7 Å². The fourth-order valence-electron chi connectivity index (χ4n) is 0.919. The highest BCUT2D eigenvalue weighted by atomic mass is 32.2. The summed E-state index contributed by atoms with van der Waals surface area (Å²) in [4.78, 5) is 24.8. The van der Waals surface area contributed by atoms with Crippen LogP contribution in [0.1, 0.15) is 6.92 Å². The first-order valence-corrected chi connectivity index (χ1v) is 5.45. The molecular formula is C9H10N2O4S. The summed E-state index contributed by atoms with van der Waals surface area (Å²) in [5.74, 6) is -1.16. The molecule has 0 radical (unpaired) electrons. The van der Waals surface area contributed by atoms with Gasteiger partial charge in [0.15, 0.2) is 0 Å². The molecule has 1 N–H and O–H groups in total. The van der Waals surface area contributed by atoms with Gasteiger partial charge in [0, 0.05) is 11.9 Å². The maximum absolute atomic E-state index is 10.6. The number of pyridine rings is 1. The molecule has 0 fully saturated rings. The zero-order valence-electron chi connectivity index (χ0n) is 8.49. The lowest BCUT2D eigenvalue weighted by molar-refractivity contribution is -0.388. The first kappa shape index (κ1) is 12.4. The minimum absolute atomic E-state index is 0.0925. The standard InChI is InChI=1S/C9H10N2O4S/c1-6(9(12)13)5-16-8-2-3-10-4-7(8)11(14)15/h2-4,6H,5H2,1H3,(H,12,13). The minimum Gasteiger partial charge on any atom is -0.481 e. The van der Waals surface area contributed by atoms with Crippen LogP contribution in [0.15, 0.2) is 23.4 Å². The number of carbonyl (C=O) groups is 1. The monoisotopic (exact) mass is 242 g/mol. The highest BCUT2D eigenvalue weighted by Gasteiger charge is 2.17. The SMILES string of the molecule is CC(CSc1ccncc1[N+](=O)[O-])C(=O)O. The molecule has 1 atom stereocenters. The summed E-state index contributed by atoms with van der Waals surface area (Å²) in [6.45, 7) is 1.56. The lowest BCUT2D eigenvalue weighted by Crippen LogP contribution is -2.11. The lowest BCUT2D eigenvalue weighted by atomic mass is 10.2. The third-order valence-electron chi connectivity index (χ3n) is 1.87. The highest BCUT2D eigenvalue weighted by Crippen LogP contribution is 2.29. The van der Waals surface area contributed by atoms with Crippen LogP contribution in [0.25, 0.3) is 0 Å². The second-order valence-corrected chi connectivity index (χ2v) is 4.21. The summed E-state index contributed by atoms with van der Waals surface area (Å²) in [6, 6.07) is 1.51. The van der Waals surface area contributed by atoms with E-state index in [1.54, 1.807) is 6.92 Å². The molecule has 0 aromatic carbocycles. The molecule has 1 unspecified atom stereocenters. The number of carboxylic acid groups (broad SMARTS) is 1. The largest absolute Gasteiger partial charge is 0.481 e. The molecule has 0 spiro atoms. The number of rotatable bonds is 5. The van der Waals surface area contributed by atoms with Crippen molar-refractivity contribution in [2.24, 2.45) is 5.92 Å². The van der Waals surface area contributed by atoms with Crippen molar-refractivity contribution in [3.8, 4) is 0 Å². The Morgan fingerprint density at radius 2 is 2.44 bits per heavy atom. The van der Waals surface area contributed by atoms with Gasteiger partial charge in [0.2, 0.25) is 0 Å². The van der Waals surface area contributed by atoms with E-state index in [-0.39, 0.29) is 5.69 Å². The maximum atomic E-state index is 10.6. The van der Waals surface area contributed by atoms with Gasteiger partial charge in [-0.05, 0) is 6.07 Å². The van der Waals surface area contributed by atoms with Gasteiger partial charge in [0.05, 0.1) is 15.7 Å². The summed E-state index contributed by atoms with van der Waals surface area (Å²) in [7, 11) is 0. The Labute approximate surface area is 95.8 Å². The van der Waals surface area contributed by atoms with Crippen molar-refractivity contribution in [2.75, 3.05) is 5.75 Å². The Balaban J connectivity index is 2.74. The quantitative estimate of drug-likeness (QED) is 0.480. The van der Waals surface area contributed by atoms with E-state index in [4.69, 9.17) is 5.11 Å². The summed E-state index contributed by atoms with van der Waals surface area (Å²) >= 11 is 1.15. The Morgan fingerprint density at radius 1 is 1.75 bits per heavy atom. The lowest BCUT2D eigenvalue weighted by Gasteiger charge is -2.05. The number of thioether (sulfide) groups is 1. The van der Waals surface area contributed by atoms with Crippen LogP contribution in [0.4, 0.5) is 5.69 Å². The van der Waals surface area contributed by atoms with E-state index in [1.807, 2.05) is 0 Å². The Bertz CT molecular complexity index is 410. The summed E-state index contributed by atoms with van der Waals surface area (Å²) in [5, 5.41) is 19.3. The van der Waals surface area contributed by atoms with Crippen LogP contribution < -0.4 is 0 Å². The molecule has 16 heavy (non-hydrogen) atoms. The van der Waals surface area contributed by atoms with E-state index in [0.29, 0.717) is 10.6 Å². The molecule has 0 amide bonds. The fourth-order valence-corrected chi connectivity index (χ4v) is 1.92. The number of carboxylic acids is 1. The molecule has 1 aromatic rings. The Morgan fingerprint density at radius 3 is 3.00 bits per heavy atom. The van der Waals surface area contributed by atoms with Crippen LogP contribution in [-0.4, -0.2) is 26.7 Å². The first-order valence-electron chi connectivity index (χ1n) is 4.46. The first-order chi connectivity index (χ1) is 7.52. The molecule has 0 aliphatic rings. The van der Waals surface area contributed by atoms with Gasteiger partial charge in [0.25, 0.3) is 0 Å². The zero-order valence-corrected chi connectivity index (χ0v) is 9.31. The van der Waals surface area contributed by atoms with Crippen molar-refractivity contribution in [3.05, 3.63) is 28.6 Å². The Hall–Kier alpha value is -1.63. The van der Waals surface area contributed by atoms with E-state index in [1.165, 1.54) is 12.3 Å². The van der Waals surface area contributed by atoms with Gasteiger partial charge in [-0.15, -0.1) is 11.8 Å². The van der Waals surface area contributed by atoms with Crippen LogP contribution in [0.2, 0.25) is 0 Å². The van der Waals surface area contributed by atoms with Crippen molar-refractivity contribution >= 4 is 23.4 Å². The van der Waals surface area contributed by atoms with E-state index in [0.717, 1.165) is 18.0 Å². The number of nitrogens with zero attached hydrogens (tertiary/aromatic N) is 2. The summed E-state index contributed by atoms with van der Waals surface area (Å²) in [5.41, 5.74) is -0.0925. The minimum atomic E-state index is -0.913. The highest BCUT2D eigenvalue weighted by molar-refractivity contribution is 7.99. The third-order valence-corrected chi connectivity index (χ3v) is 3.19. The van der Waals surface area contributed by atoms with E-state index in [2.05, 4.69) is 4.98 Å². The molecule has 0 saturated carbocycles. The van der Waals surface area contributed by atoms with E-state index in [9.17, 15) is 14.9 Å². The smallest absolute Gasteiger partial charge is 0.307 e. The second-order valence-electron chi connectivity index (χ2n) is 3.15. The molecule has 0 aliphatic carbocycles. The predicted octanol–water partition coefficient (Wildman–Crippen LogP) is 1.80. The fraction of sp³-hybridized carbons (Fsp3) is 0.333. The number of hydrogen-bond donors (Lipinski definition) is 1. The topological polar surface area (TPSA) is 93.3 Å². The zero-order chi connectivity index (χ0) is 12.1. The van der Waals surface area contributed by atoms with Crippen LogP contribution in [0.5, 0.6) is 0 Å². The number of aliphatic carboxylic acids is 1. The van der Waals surface area contributed by atoms with Gasteiger partial charge < -0.3 is 5.11 Å². The molecule has 0 aliphatic heterocycles. The number of nitro groups is 1. The van der Waals surface area contributed by atoms with Crippen LogP contribution >= 0.6 is 11.8 Å². The van der Waals surface area contributed by atoms with Crippen LogP contribution in [-0.2, 0) is 4.79 Å². The van der Waals surface area contributed by atoms with Gasteiger partial charge in [-0.3, -0.25) is 19.9 Å². The van der Waals surface area contributed by atoms with Crippen molar-refractivity contribution in [3.63, 3.8) is 0 Å². The van der Waals surface area contributed by atoms with Gasteiger partial charge in [-0.1, -0.05) is 6.92 Å². The predicted molar refractivity (Wildman–Crippen MR) is 58.4 cm³/mol. The molecule has 1 heterocycles. The van der Waals surface area contributed by atoms with Crippen LogP contribution in [0.3, 0.4) is 0 Å². The van der Waals surface area contributed by atoms with E-state index >= 15 is 0 Å². The maximum Gasteiger partial charge on any atom is 0.307 e. The van der Waals surface area contributed by atoms with Gasteiger partial charge in [-0.2, -0.15) is 0 Å². The molecule has 86 valence electrons. The average Bonchev–Trinajstić information content (AvgIpc) is 2.25. The molecule has 1 aromatic heterocycles. The molecule has 0 bridgehead atoms. The normalized spacial score (nSPS) is 12.1. The molecule has 6 nitrogen and oxygen atoms in total. The number of aromatic nitrogens is 1. The van der Waals surface area contributed by atoms with Crippen LogP contribution in [0, 0.1) is 16.0 Å². The Kier molecular flexibility index (Phi) is 4.24. The van der Waals surface area contributed by atoms with Crippen molar-refractivity contribution in [1.29, 1.82) is 0 Å². The molecular weight excluding hydrogens is 232 g/mol. The van der Waals surface area contributed by atoms with Gasteiger partial charge in [0.1, 0.15) is 6.20 Å². The number of hydrogen-bond acceptors (Lipinski definition) is 5. The van der Waals surface area contributed by atoms with E-state index < -0.39 is 16.8 Å². The summed E-state index contributed by atoms with van der Waals surface area (Å²) in [6.07, 6.45) is 2.61. The molecule has 7 heteroatoms. The van der Waals surface area contributed by atoms with Gasteiger partial charge in [-0.25, -0.2) is 0 Å².